The van der Waals surface area contributed by atoms with Crippen molar-refractivity contribution in [3.63, 3.8) is 0 Å². The van der Waals surface area contributed by atoms with Crippen molar-refractivity contribution >= 4 is 69.8 Å². The molecule has 0 radical (unpaired) electrons. The average Bonchev–Trinajstić information content (AvgIpc) is 3.71. The number of ether oxygens (including phenoxy) is 7. The number of carbonyl (C=O) groups excluding carboxylic acids is 4. The van der Waals surface area contributed by atoms with Gasteiger partial charge in [0.25, 0.3) is 0 Å². The summed E-state index contributed by atoms with van der Waals surface area (Å²) in [7, 11) is 1.45. The van der Waals surface area contributed by atoms with Gasteiger partial charge in [0.1, 0.15) is 50.4 Å². The Hall–Kier alpha value is -4.77. The van der Waals surface area contributed by atoms with Crippen LogP contribution in [-0.4, -0.2) is 117 Å². The number of phenolic OH excluding ortho intramolecular Hbond substituents is 1. The van der Waals surface area contributed by atoms with Crippen molar-refractivity contribution in [3.05, 3.63) is 64.8 Å². The van der Waals surface area contributed by atoms with E-state index in [9.17, 15) is 34.7 Å². The number of aliphatic hydroxyl groups excluding tert-OH is 1. The maximum Gasteiger partial charge on any atom is 0.410 e. The molecule has 1 saturated heterocycles. The molecule has 0 unspecified atom stereocenters. The number of aliphatic hydroxyl groups is 1. The van der Waals surface area contributed by atoms with Crippen molar-refractivity contribution in [2.45, 2.75) is 73.3 Å². The van der Waals surface area contributed by atoms with Gasteiger partial charge in [0, 0.05) is 34.9 Å². The molecule has 3 N–H and O–H groups in total. The molecule has 2 bridgehead atoms. The summed E-state index contributed by atoms with van der Waals surface area (Å²) in [4.78, 5) is 55.8. The highest BCUT2D eigenvalue weighted by Gasteiger charge is 2.62. The third-order valence-electron chi connectivity index (χ3n) is 10.7. The lowest BCUT2D eigenvalue weighted by molar-refractivity contribution is -0.155. The summed E-state index contributed by atoms with van der Waals surface area (Å²) >= 11 is 18.8. The van der Waals surface area contributed by atoms with Gasteiger partial charge < -0.3 is 48.7 Å². The smallest absolute Gasteiger partial charge is 0.410 e. The van der Waals surface area contributed by atoms with E-state index in [-0.39, 0.29) is 77.0 Å². The van der Waals surface area contributed by atoms with Crippen molar-refractivity contribution in [2.75, 3.05) is 46.1 Å². The van der Waals surface area contributed by atoms with E-state index in [0.29, 0.717) is 22.4 Å². The number of nitriles is 1. The van der Waals surface area contributed by atoms with Crippen LogP contribution in [0.4, 0.5) is 9.59 Å². The predicted molar refractivity (Wildman–Crippen MR) is 221 cm³/mol. The van der Waals surface area contributed by atoms with Gasteiger partial charge in [-0.25, -0.2) is 14.4 Å². The number of rotatable bonds is 13. The van der Waals surface area contributed by atoms with Crippen LogP contribution in [0, 0.1) is 25.2 Å². The number of alkyl carbamates (subject to hydrolysis) is 1. The van der Waals surface area contributed by atoms with Gasteiger partial charge in [0.2, 0.25) is 10.6 Å². The van der Waals surface area contributed by atoms with Gasteiger partial charge in [0.05, 0.1) is 37.3 Å². The van der Waals surface area contributed by atoms with Gasteiger partial charge in [-0.15, -0.1) is 0 Å². The second-order valence-electron chi connectivity index (χ2n) is 14.4. The van der Waals surface area contributed by atoms with Crippen LogP contribution >= 0.6 is 46.6 Å². The molecule has 6 rings (SSSR count). The zero-order valence-corrected chi connectivity index (χ0v) is 36.5. The van der Waals surface area contributed by atoms with Gasteiger partial charge in [-0.3, -0.25) is 14.6 Å². The molecule has 2 aromatic rings. The highest BCUT2D eigenvalue weighted by Crippen LogP contribution is 2.61. The van der Waals surface area contributed by atoms with Gasteiger partial charge >= 0.3 is 18.2 Å². The Morgan fingerprint density at radius 2 is 1.79 bits per heavy atom. The molecule has 4 aliphatic heterocycles. The van der Waals surface area contributed by atoms with E-state index in [4.69, 9.17) is 68.0 Å². The molecule has 21 heteroatoms. The first kappa shape index (κ1) is 45.7. The van der Waals surface area contributed by atoms with Crippen molar-refractivity contribution in [1.29, 1.82) is 5.26 Å². The average molecular weight is 926 g/mol. The van der Waals surface area contributed by atoms with Crippen molar-refractivity contribution in [3.8, 4) is 34.8 Å². The number of halogens is 3. The largest absolute Gasteiger partial charge is 0.507 e. The van der Waals surface area contributed by atoms with Gasteiger partial charge in [-0.05, 0) is 31.4 Å². The Kier molecular flexibility index (Phi) is 14.0. The predicted octanol–water partition coefficient (Wildman–Crippen LogP) is 5.55. The highest BCUT2D eigenvalue weighted by molar-refractivity contribution is 8.13. The second kappa shape index (κ2) is 18.7. The SMILES string of the molecule is C=CCOC(=O)N[C@@H](CSC(C)=O)C(=O)OC[C@H]1c2c3c(c(C)c(O)c2[C@H](O)[C@H]2[C@@H]4c5c(cc(C)c(OC)c5OCC=C)C[C@H]([C@H](C#N)N21)N4C(=O)OCC(Cl)(Cl)Cl)OCO3. The van der Waals surface area contributed by atoms with Crippen LogP contribution in [0.1, 0.15) is 58.5 Å². The number of benzene rings is 2. The zero-order chi connectivity index (χ0) is 44.5. The first-order valence-corrected chi connectivity index (χ1v) is 20.9. The van der Waals surface area contributed by atoms with Gasteiger partial charge in [-0.1, -0.05) is 77.9 Å². The topological polar surface area (TPSA) is 216 Å². The van der Waals surface area contributed by atoms with Crippen LogP contribution in [0.15, 0.2) is 31.4 Å². The van der Waals surface area contributed by atoms with E-state index in [1.165, 1.54) is 31.1 Å². The molecule has 0 spiro atoms. The van der Waals surface area contributed by atoms with Crippen LogP contribution in [0.5, 0.6) is 28.7 Å². The van der Waals surface area contributed by atoms with Crippen LogP contribution in [0.25, 0.3) is 0 Å². The highest BCUT2D eigenvalue weighted by atomic mass is 35.6. The lowest BCUT2D eigenvalue weighted by Gasteiger charge is -2.61. The Morgan fingerprint density at radius 1 is 1.08 bits per heavy atom. The van der Waals surface area contributed by atoms with Gasteiger partial charge in [-0.2, -0.15) is 5.26 Å². The van der Waals surface area contributed by atoms with Crippen LogP contribution < -0.4 is 24.3 Å². The molecule has 4 heterocycles. The normalized spacial score (nSPS) is 22.6. The number of piperazine rings is 1. The molecule has 7 atom stereocenters. The summed E-state index contributed by atoms with van der Waals surface area (Å²) in [5.74, 6) is -0.778. The first-order chi connectivity index (χ1) is 29.0. The fourth-order valence-electron chi connectivity index (χ4n) is 8.44. The summed E-state index contributed by atoms with van der Waals surface area (Å²) in [6, 6.07) is -3.34. The third kappa shape index (κ3) is 8.82. The fraction of sp³-hybridized carbons (Fsp3) is 0.475. The van der Waals surface area contributed by atoms with Crippen molar-refractivity contribution < 1.29 is 62.5 Å². The summed E-state index contributed by atoms with van der Waals surface area (Å²) in [5.41, 5.74) is 2.04. The van der Waals surface area contributed by atoms with Crippen LogP contribution in [0.3, 0.4) is 0 Å². The first-order valence-electron chi connectivity index (χ1n) is 18.8. The quantitative estimate of drug-likeness (QED) is 0.0971. The maximum absolute atomic E-state index is 14.4. The lowest BCUT2D eigenvalue weighted by atomic mass is 9.70. The fourth-order valence-corrected chi connectivity index (χ4v) is 9.23. The molecule has 4 aliphatic rings. The molecule has 0 aromatic heterocycles. The number of hydrogen-bond acceptors (Lipinski definition) is 16. The molecule has 61 heavy (non-hydrogen) atoms. The number of alkyl halides is 3. The number of methoxy groups -OCH3 is 1. The Labute approximate surface area is 370 Å². The monoisotopic (exact) mass is 924 g/mol. The second-order valence-corrected chi connectivity index (χ2v) is 18.1. The lowest BCUT2D eigenvalue weighted by Crippen LogP contribution is -2.71. The number of phenols is 1. The van der Waals surface area contributed by atoms with E-state index in [1.807, 2.05) is 6.07 Å². The van der Waals surface area contributed by atoms with E-state index >= 15 is 0 Å². The molecular formula is C40H43Cl3N4O13S. The summed E-state index contributed by atoms with van der Waals surface area (Å²) in [6.07, 6.45) is -0.786. The van der Waals surface area contributed by atoms with E-state index in [2.05, 4.69) is 24.5 Å². The maximum atomic E-state index is 14.4. The molecule has 2 aromatic carbocycles. The third-order valence-corrected chi connectivity index (χ3v) is 11.9. The van der Waals surface area contributed by atoms with Crippen molar-refractivity contribution in [2.24, 2.45) is 0 Å². The number of thioether (sulfide) groups is 1. The number of aryl methyl sites for hydroxylation is 1. The number of amides is 2. The minimum Gasteiger partial charge on any atom is -0.507 e. The summed E-state index contributed by atoms with van der Waals surface area (Å²) in [5, 5.41) is 37.9. The summed E-state index contributed by atoms with van der Waals surface area (Å²) < 4.78 is 38.3. The number of fused-ring (bicyclic) bond motifs is 9. The van der Waals surface area contributed by atoms with E-state index in [1.54, 1.807) is 18.7 Å². The summed E-state index contributed by atoms with van der Waals surface area (Å²) in [6.45, 7) is 10.3. The van der Waals surface area contributed by atoms with Crippen molar-refractivity contribution in [1.82, 2.24) is 15.1 Å². The molecular weight excluding hydrogens is 883 g/mol. The van der Waals surface area contributed by atoms with Gasteiger partial charge in [0.15, 0.2) is 28.1 Å². The Bertz CT molecular complexity index is 2160. The van der Waals surface area contributed by atoms with E-state index in [0.717, 1.165) is 11.8 Å². The van der Waals surface area contributed by atoms with E-state index < -0.39 is 77.5 Å². The molecule has 0 saturated carbocycles. The Balaban J connectivity index is 1.56. The minimum absolute atomic E-state index is 0.000976. The number of hydrogen-bond donors (Lipinski definition) is 3. The minimum atomic E-state index is -2.01. The van der Waals surface area contributed by atoms with Crippen LogP contribution in [-0.2, 0) is 30.2 Å². The number of carbonyl (C=O) groups is 4. The standard InChI is InChI=1S/C40H43Cl3N4O13S/c1-7-9-55-35-26-21(11-18(3)33(35)54-6)12-23-24(13-44)46-25(14-57-37(51)22(15-61-20(5)48)45-38(52)56-10-8-2)27-28(31(49)19(4)34-36(27)60-17-59-34)32(50)30(46)29(26)47(23)39(53)58-16-40(41,42)43/h7-8,11,22-25,29-30,32,49-50H,1-2,9-10,12,14-17H2,3-6H3,(H,45,52)/t22-,23+,24-,25-,29-,30+,32-/m0/s1. The molecule has 17 nitrogen and oxygen atoms in total. The molecule has 1 fully saturated rings. The zero-order valence-electron chi connectivity index (χ0n) is 33.4. The number of aromatic hydroxyl groups is 1. The van der Waals surface area contributed by atoms with Crippen LogP contribution in [0.2, 0.25) is 0 Å². The number of esters is 1. The molecule has 0 aliphatic carbocycles. The number of nitrogens with zero attached hydrogens (tertiary/aromatic N) is 3. The Morgan fingerprint density at radius 3 is 2.43 bits per heavy atom. The molecule has 2 amide bonds. The number of nitrogens with one attached hydrogen (secondary N) is 1. The molecule has 328 valence electrons.